The smallest absolute Gasteiger partial charge is 0.207 e. The highest BCUT2D eigenvalue weighted by atomic mass is 79.9. The summed E-state index contributed by atoms with van der Waals surface area (Å²) in [7, 11) is -0.267. The lowest BCUT2D eigenvalue weighted by molar-refractivity contribution is 0.520. The molecule has 0 saturated carbocycles. The van der Waals surface area contributed by atoms with Crippen molar-refractivity contribution in [3.63, 3.8) is 0 Å². The fourth-order valence-corrected chi connectivity index (χ4v) is 2.84. The molecular formula is C10H14BrNO2S. The molecule has 0 radical (unpaired) electrons. The molecule has 1 aromatic carbocycles. The predicted octanol–water partition coefficient (Wildman–Crippen LogP) is 2.32. The van der Waals surface area contributed by atoms with Gasteiger partial charge in [-0.05, 0) is 37.1 Å². The third-order valence-electron chi connectivity index (χ3n) is 2.43. The van der Waals surface area contributed by atoms with Crippen LogP contribution in [0.4, 0.5) is 0 Å². The summed E-state index contributed by atoms with van der Waals surface area (Å²) < 4.78 is 26.0. The van der Waals surface area contributed by atoms with Crippen LogP contribution < -0.4 is 0 Å². The van der Waals surface area contributed by atoms with Gasteiger partial charge in [0, 0.05) is 18.6 Å². The molecular weight excluding hydrogens is 278 g/mol. The second-order valence-corrected chi connectivity index (χ2v) is 6.56. The van der Waals surface area contributed by atoms with E-state index in [0.717, 1.165) is 15.6 Å². The molecule has 3 nitrogen and oxygen atoms in total. The van der Waals surface area contributed by atoms with E-state index >= 15 is 0 Å². The van der Waals surface area contributed by atoms with Crippen LogP contribution in [0.15, 0.2) is 21.5 Å². The zero-order valence-corrected chi connectivity index (χ0v) is 11.6. The Hall–Kier alpha value is -0.390. The lowest BCUT2D eigenvalue weighted by Gasteiger charge is -2.15. The largest absolute Gasteiger partial charge is 0.242 e. The molecule has 0 aliphatic carbocycles. The highest BCUT2D eigenvalue weighted by Crippen LogP contribution is 2.26. The van der Waals surface area contributed by atoms with Gasteiger partial charge in [-0.2, -0.15) is 0 Å². The fraction of sp³-hybridized carbons (Fsp3) is 0.400. The Kier molecular flexibility index (Phi) is 3.58. The van der Waals surface area contributed by atoms with E-state index in [1.165, 1.54) is 18.4 Å². The van der Waals surface area contributed by atoms with Crippen LogP contribution in [0, 0.1) is 13.8 Å². The Morgan fingerprint density at radius 3 is 2.13 bits per heavy atom. The second kappa shape index (κ2) is 4.23. The molecule has 0 unspecified atom stereocenters. The maximum Gasteiger partial charge on any atom is 0.242 e. The van der Waals surface area contributed by atoms with Gasteiger partial charge < -0.3 is 0 Å². The van der Waals surface area contributed by atoms with E-state index in [4.69, 9.17) is 0 Å². The van der Waals surface area contributed by atoms with E-state index in [0.29, 0.717) is 4.90 Å². The van der Waals surface area contributed by atoms with Crippen LogP contribution in [0.2, 0.25) is 0 Å². The number of halogens is 1. The molecule has 0 bridgehead atoms. The van der Waals surface area contributed by atoms with Gasteiger partial charge >= 0.3 is 0 Å². The van der Waals surface area contributed by atoms with Gasteiger partial charge in [-0.1, -0.05) is 15.9 Å². The van der Waals surface area contributed by atoms with Crippen molar-refractivity contribution < 1.29 is 8.42 Å². The zero-order chi connectivity index (χ0) is 11.8. The molecule has 0 heterocycles. The topological polar surface area (TPSA) is 37.4 Å². The summed E-state index contributed by atoms with van der Waals surface area (Å²) in [6.07, 6.45) is 0. The lowest BCUT2D eigenvalue weighted by Crippen LogP contribution is -2.23. The Bertz CT molecular complexity index is 480. The third kappa shape index (κ3) is 2.24. The van der Waals surface area contributed by atoms with E-state index in [1.54, 1.807) is 12.1 Å². The number of hydrogen-bond acceptors (Lipinski definition) is 2. The molecule has 0 N–H and O–H groups in total. The molecule has 15 heavy (non-hydrogen) atoms. The van der Waals surface area contributed by atoms with Gasteiger partial charge in [-0.3, -0.25) is 0 Å². The van der Waals surface area contributed by atoms with Crippen LogP contribution in [0.1, 0.15) is 11.1 Å². The van der Waals surface area contributed by atoms with E-state index in [2.05, 4.69) is 15.9 Å². The minimum absolute atomic E-state index is 0.369. The third-order valence-corrected chi connectivity index (χ3v) is 5.25. The van der Waals surface area contributed by atoms with Crippen molar-refractivity contribution in [1.29, 1.82) is 0 Å². The normalized spacial score (nSPS) is 12.1. The molecule has 0 spiro atoms. The Balaban J connectivity index is 3.48. The van der Waals surface area contributed by atoms with Gasteiger partial charge in [-0.25, -0.2) is 12.7 Å². The predicted molar refractivity (Wildman–Crippen MR) is 64.5 cm³/mol. The second-order valence-electron chi connectivity index (χ2n) is 3.58. The summed E-state index contributed by atoms with van der Waals surface area (Å²) in [6, 6.07) is 3.39. The minimum Gasteiger partial charge on any atom is -0.207 e. The maximum atomic E-state index is 11.9. The SMILES string of the molecule is Cc1c(Br)ccc(S(=O)(=O)N(C)C)c1C. The van der Waals surface area contributed by atoms with Crippen molar-refractivity contribution in [3.05, 3.63) is 27.7 Å². The molecule has 0 saturated heterocycles. The van der Waals surface area contributed by atoms with Crippen molar-refractivity contribution in [3.8, 4) is 0 Å². The average molecular weight is 292 g/mol. The van der Waals surface area contributed by atoms with Crippen LogP contribution in [0.3, 0.4) is 0 Å². The molecule has 1 aromatic rings. The molecule has 0 amide bonds. The minimum atomic E-state index is -3.33. The van der Waals surface area contributed by atoms with Gasteiger partial charge in [0.25, 0.3) is 0 Å². The van der Waals surface area contributed by atoms with E-state index in [1.807, 2.05) is 13.8 Å². The van der Waals surface area contributed by atoms with Gasteiger partial charge in [0.1, 0.15) is 0 Å². The van der Waals surface area contributed by atoms with Crippen molar-refractivity contribution in [2.24, 2.45) is 0 Å². The summed E-state index contributed by atoms with van der Waals surface area (Å²) in [4.78, 5) is 0.369. The molecule has 0 fully saturated rings. The first-order valence-corrected chi connectivity index (χ1v) is 6.70. The van der Waals surface area contributed by atoms with Crippen molar-refractivity contribution in [2.45, 2.75) is 18.7 Å². The molecule has 0 aliphatic rings. The van der Waals surface area contributed by atoms with Crippen molar-refractivity contribution in [2.75, 3.05) is 14.1 Å². The molecule has 0 aromatic heterocycles. The van der Waals surface area contributed by atoms with Crippen LogP contribution in [0.5, 0.6) is 0 Å². The van der Waals surface area contributed by atoms with Crippen LogP contribution >= 0.6 is 15.9 Å². The summed E-state index contributed by atoms with van der Waals surface area (Å²) >= 11 is 3.38. The molecule has 1 rings (SSSR count). The number of hydrogen-bond donors (Lipinski definition) is 0. The average Bonchev–Trinajstić information content (AvgIpc) is 2.13. The van der Waals surface area contributed by atoms with Crippen LogP contribution in [0.25, 0.3) is 0 Å². The highest BCUT2D eigenvalue weighted by Gasteiger charge is 2.20. The van der Waals surface area contributed by atoms with Gasteiger partial charge in [-0.15, -0.1) is 0 Å². The summed E-state index contributed by atoms with van der Waals surface area (Å²) in [5.74, 6) is 0. The maximum absolute atomic E-state index is 11.9. The van der Waals surface area contributed by atoms with Crippen molar-refractivity contribution in [1.82, 2.24) is 4.31 Å². The number of nitrogens with zero attached hydrogens (tertiary/aromatic N) is 1. The quantitative estimate of drug-likeness (QED) is 0.839. The number of rotatable bonds is 2. The van der Waals surface area contributed by atoms with Crippen LogP contribution in [-0.2, 0) is 10.0 Å². The fourth-order valence-electron chi connectivity index (χ4n) is 1.24. The van der Waals surface area contributed by atoms with Gasteiger partial charge in [0.2, 0.25) is 10.0 Å². The highest BCUT2D eigenvalue weighted by molar-refractivity contribution is 9.10. The first kappa shape index (κ1) is 12.7. The molecule has 84 valence electrons. The first-order chi connectivity index (χ1) is 6.78. The molecule has 0 atom stereocenters. The van der Waals surface area contributed by atoms with E-state index < -0.39 is 10.0 Å². The van der Waals surface area contributed by atoms with Gasteiger partial charge in [0.05, 0.1) is 4.90 Å². The van der Waals surface area contributed by atoms with Gasteiger partial charge in [0.15, 0.2) is 0 Å². The Morgan fingerprint density at radius 2 is 1.67 bits per heavy atom. The van der Waals surface area contributed by atoms with Crippen LogP contribution in [-0.4, -0.2) is 26.8 Å². The summed E-state index contributed by atoms with van der Waals surface area (Å²) in [6.45, 7) is 3.71. The van der Waals surface area contributed by atoms with Crippen molar-refractivity contribution >= 4 is 26.0 Å². The monoisotopic (exact) mass is 291 g/mol. The van der Waals surface area contributed by atoms with E-state index in [-0.39, 0.29) is 0 Å². The standard InChI is InChI=1S/C10H14BrNO2S/c1-7-8(2)10(6-5-9(7)11)15(13,14)12(3)4/h5-6H,1-4H3. The first-order valence-electron chi connectivity index (χ1n) is 4.46. The summed E-state index contributed by atoms with van der Waals surface area (Å²) in [5, 5.41) is 0. The van der Waals surface area contributed by atoms with E-state index in [9.17, 15) is 8.42 Å². The zero-order valence-electron chi connectivity index (χ0n) is 9.20. The molecule has 5 heteroatoms. The number of benzene rings is 1. The lowest BCUT2D eigenvalue weighted by atomic mass is 10.1. The summed E-state index contributed by atoms with van der Waals surface area (Å²) in [5.41, 5.74) is 1.75. The Labute approximate surface area is 99.3 Å². The Morgan fingerprint density at radius 1 is 1.13 bits per heavy atom. The number of sulfonamides is 1. The molecule has 0 aliphatic heterocycles.